The average molecular weight is 311 g/mol. The predicted molar refractivity (Wildman–Crippen MR) is 69.0 cm³/mol. The monoisotopic (exact) mass is 311 g/mol. The van der Waals surface area contributed by atoms with Crippen LogP contribution in [0.1, 0.15) is 24.5 Å². The van der Waals surface area contributed by atoms with Crippen molar-refractivity contribution in [3.63, 3.8) is 0 Å². The van der Waals surface area contributed by atoms with Crippen LogP contribution in [0.5, 0.6) is 0 Å². The van der Waals surface area contributed by atoms with Gasteiger partial charge in [0.2, 0.25) is 0 Å². The molecule has 0 bridgehead atoms. The van der Waals surface area contributed by atoms with Crippen molar-refractivity contribution in [2.45, 2.75) is 38.8 Å². The zero-order valence-electron chi connectivity index (χ0n) is 11.6. The Balaban J connectivity index is 2.56. The summed E-state index contributed by atoms with van der Waals surface area (Å²) in [5, 5.41) is 3.11. The van der Waals surface area contributed by atoms with E-state index in [1.54, 1.807) is 6.07 Å². The number of halogens is 5. The van der Waals surface area contributed by atoms with Gasteiger partial charge in [-0.3, -0.25) is 0 Å². The molecule has 1 rings (SSSR count). The standard InChI is InChI=1S/C14H18F5NO/c1-2-5-20-7-10-3-4-12(15)11(6-10)8-21-9-14(18,19)13(16)17/h3-4,6,13,20H,2,5,7-9H2,1H3. The molecule has 0 spiro atoms. The molecule has 1 aromatic carbocycles. The molecule has 0 atom stereocenters. The van der Waals surface area contributed by atoms with Crippen LogP contribution in [0.25, 0.3) is 0 Å². The fraction of sp³-hybridized carbons (Fsp3) is 0.571. The predicted octanol–water partition coefficient (Wildman–Crippen LogP) is 3.74. The summed E-state index contributed by atoms with van der Waals surface area (Å²) in [7, 11) is 0. The van der Waals surface area contributed by atoms with E-state index in [-0.39, 0.29) is 5.56 Å². The summed E-state index contributed by atoms with van der Waals surface area (Å²) < 4.78 is 67.2. The molecule has 1 aromatic rings. The summed E-state index contributed by atoms with van der Waals surface area (Å²) in [5.74, 6) is -4.84. The number of rotatable bonds is 9. The molecule has 21 heavy (non-hydrogen) atoms. The molecule has 0 aliphatic rings. The van der Waals surface area contributed by atoms with Crippen molar-refractivity contribution >= 4 is 0 Å². The van der Waals surface area contributed by atoms with Gasteiger partial charge in [0.05, 0.1) is 6.61 Å². The Hall–Kier alpha value is -1.21. The van der Waals surface area contributed by atoms with Crippen LogP contribution in [0.3, 0.4) is 0 Å². The Bertz CT molecular complexity index is 439. The van der Waals surface area contributed by atoms with Crippen LogP contribution in [0.15, 0.2) is 18.2 Å². The zero-order chi connectivity index (χ0) is 15.9. The highest BCUT2D eigenvalue weighted by atomic mass is 19.3. The van der Waals surface area contributed by atoms with Crippen LogP contribution in [0.2, 0.25) is 0 Å². The van der Waals surface area contributed by atoms with Crippen molar-refractivity contribution in [2.24, 2.45) is 0 Å². The van der Waals surface area contributed by atoms with Gasteiger partial charge < -0.3 is 10.1 Å². The number of nitrogens with one attached hydrogen (secondary N) is 1. The Morgan fingerprint density at radius 3 is 2.62 bits per heavy atom. The van der Waals surface area contributed by atoms with E-state index in [0.29, 0.717) is 6.54 Å². The normalized spacial score (nSPS) is 12.1. The lowest BCUT2D eigenvalue weighted by Crippen LogP contribution is -2.32. The third kappa shape index (κ3) is 5.97. The zero-order valence-corrected chi connectivity index (χ0v) is 11.6. The SMILES string of the molecule is CCCNCc1ccc(F)c(COCC(F)(F)C(F)F)c1. The molecule has 0 aliphatic carbocycles. The molecular weight excluding hydrogens is 293 g/mol. The van der Waals surface area contributed by atoms with E-state index in [9.17, 15) is 22.0 Å². The van der Waals surface area contributed by atoms with Crippen LogP contribution in [0.4, 0.5) is 22.0 Å². The maximum Gasteiger partial charge on any atom is 0.330 e. The van der Waals surface area contributed by atoms with Gasteiger partial charge in [-0.25, -0.2) is 13.2 Å². The molecule has 0 aromatic heterocycles. The summed E-state index contributed by atoms with van der Waals surface area (Å²) in [5.41, 5.74) is 0.833. The molecule has 0 fully saturated rings. The van der Waals surface area contributed by atoms with Gasteiger partial charge in [0.1, 0.15) is 12.4 Å². The van der Waals surface area contributed by atoms with Crippen molar-refractivity contribution in [3.05, 3.63) is 35.1 Å². The van der Waals surface area contributed by atoms with E-state index in [0.717, 1.165) is 18.5 Å². The van der Waals surface area contributed by atoms with Gasteiger partial charge in [-0.15, -0.1) is 0 Å². The largest absolute Gasteiger partial charge is 0.370 e. The van der Waals surface area contributed by atoms with Gasteiger partial charge >= 0.3 is 12.3 Å². The maximum absolute atomic E-state index is 13.5. The van der Waals surface area contributed by atoms with Crippen LogP contribution < -0.4 is 5.32 Å². The Labute approximate surface area is 120 Å². The molecule has 0 unspecified atom stereocenters. The number of hydrogen-bond donors (Lipinski definition) is 1. The fourth-order valence-electron chi connectivity index (χ4n) is 1.62. The van der Waals surface area contributed by atoms with Crippen LogP contribution in [0, 0.1) is 5.82 Å². The second-order valence-electron chi connectivity index (χ2n) is 4.66. The topological polar surface area (TPSA) is 21.3 Å². The van der Waals surface area contributed by atoms with Crippen molar-refractivity contribution in [1.29, 1.82) is 0 Å². The number of alkyl halides is 4. The van der Waals surface area contributed by atoms with Gasteiger partial charge in [-0.1, -0.05) is 13.0 Å². The molecule has 0 heterocycles. The summed E-state index contributed by atoms with van der Waals surface area (Å²) >= 11 is 0. The minimum absolute atomic E-state index is 0.0656. The van der Waals surface area contributed by atoms with E-state index < -0.39 is 31.4 Å². The van der Waals surface area contributed by atoms with Gasteiger partial charge in [-0.2, -0.15) is 8.78 Å². The van der Waals surface area contributed by atoms with Crippen molar-refractivity contribution in [1.82, 2.24) is 5.32 Å². The van der Waals surface area contributed by atoms with Gasteiger partial charge in [0.25, 0.3) is 0 Å². The van der Waals surface area contributed by atoms with E-state index >= 15 is 0 Å². The minimum atomic E-state index is -4.23. The average Bonchev–Trinajstić information content (AvgIpc) is 2.42. The highest BCUT2D eigenvalue weighted by Crippen LogP contribution is 2.23. The molecule has 0 amide bonds. The lowest BCUT2D eigenvalue weighted by atomic mass is 10.1. The van der Waals surface area contributed by atoms with Crippen molar-refractivity contribution in [3.8, 4) is 0 Å². The first-order valence-electron chi connectivity index (χ1n) is 6.58. The molecule has 0 saturated carbocycles. The first kappa shape index (κ1) is 17.8. The maximum atomic E-state index is 13.5. The summed E-state index contributed by atoms with van der Waals surface area (Å²) in [6.45, 7) is 1.39. The highest BCUT2D eigenvalue weighted by Gasteiger charge is 2.40. The fourth-order valence-corrected chi connectivity index (χ4v) is 1.62. The molecule has 0 saturated heterocycles. The van der Waals surface area contributed by atoms with E-state index in [2.05, 4.69) is 10.1 Å². The Morgan fingerprint density at radius 2 is 2.00 bits per heavy atom. The first-order valence-corrected chi connectivity index (χ1v) is 6.58. The Kier molecular flexibility index (Phi) is 7.04. The summed E-state index contributed by atoms with van der Waals surface area (Å²) in [6.07, 6.45) is -2.85. The molecule has 0 radical (unpaired) electrons. The minimum Gasteiger partial charge on any atom is -0.370 e. The first-order chi connectivity index (χ1) is 9.86. The number of hydrogen-bond acceptors (Lipinski definition) is 2. The lowest BCUT2D eigenvalue weighted by Gasteiger charge is -2.15. The van der Waals surface area contributed by atoms with Crippen molar-refractivity contribution < 1.29 is 26.7 Å². The summed E-state index contributed by atoms with van der Waals surface area (Å²) in [6, 6.07) is 4.24. The van der Waals surface area contributed by atoms with E-state index in [4.69, 9.17) is 0 Å². The van der Waals surface area contributed by atoms with Gasteiger partial charge in [0.15, 0.2) is 0 Å². The Morgan fingerprint density at radius 1 is 1.29 bits per heavy atom. The second kappa shape index (κ2) is 8.29. The quantitative estimate of drug-likeness (QED) is 0.554. The van der Waals surface area contributed by atoms with E-state index in [1.807, 2.05) is 6.92 Å². The van der Waals surface area contributed by atoms with Gasteiger partial charge in [0, 0.05) is 12.1 Å². The molecule has 7 heteroatoms. The van der Waals surface area contributed by atoms with Crippen molar-refractivity contribution in [2.75, 3.05) is 13.2 Å². The lowest BCUT2D eigenvalue weighted by molar-refractivity contribution is -0.168. The molecular formula is C14H18F5NO. The molecule has 2 nitrogen and oxygen atoms in total. The number of benzene rings is 1. The smallest absolute Gasteiger partial charge is 0.330 e. The third-order valence-corrected chi connectivity index (χ3v) is 2.74. The summed E-state index contributed by atoms with van der Waals surface area (Å²) in [4.78, 5) is 0. The van der Waals surface area contributed by atoms with Crippen LogP contribution >= 0.6 is 0 Å². The molecule has 120 valence electrons. The van der Waals surface area contributed by atoms with Crippen LogP contribution in [-0.4, -0.2) is 25.5 Å². The molecule has 0 aliphatic heterocycles. The third-order valence-electron chi connectivity index (χ3n) is 2.74. The van der Waals surface area contributed by atoms with Gasteiger partial charge in [-0.05, 0) is 30.7 Å². The molecule has 1 N–H and O–H groups in total. The highest BCUT2D eigenvalue weighted by molar-refractivity contribution is 5.24. The van der Waals surface area contributed by atoms with E-state index in [1.165, 1.54) is 12.1 Å². The van der Waals surface area contributed by atoms with Crippen LogP contribution in [-0.2, 0) is 17.9 Å². The number of ether oxygens (including phenoxy) is 1. The second-order valence-corrected chi connectivity index (χ2v) is 4.66.